The Morgan fingerprint density at radius 2 is 2.06 bits per heavy atom. The first kappa shape index (κ1) is 12.9. The van der Waals surface area contributed by atoms with Crippen LogP contribution in [0.4, 0.5) is 0 Å². The second kappa shape index (κ2) is 5.38. The maximum Gasteiger partial charge on any atom is 0.264 e. The molecule has 0 radical (unpaired) electrons. The van der Waals surface area contributed by atoms with Crippen LogP contribution in [0.5, 0.6) is 11.5 Å². The number of benzene rings is 1. The van der Waals surface area contributed by atoms with Gasteiger partial charge >= 0.3 is 0 Å². The SMILES string of the molecule is COc1cccc(-c2ncc(I)c(=O)[nH]2)c1OC. The molecule has 0 unspecified atom stereocenters. The molecule has 0 aliphatic heterocycles. The van der Waals surface area contributed by atoms with E-state index in [1.165, 1.54) is 6.20 Å². The van der Waals surface area contributed by atoms with Crippen LogP contribution in [0.25, 0.3) is 11.4 Å². The Labute approximate surface area is 117 Å². The number of H-pyrrole nitrogens is 1. The smallest absolute Gasteiger partial charge is 0.264 e. The Balaban J connectivity index is 2.63. The third kappa shape index (κ3) is 2.33. The number of nitrogens with zero attached hydrogens (tertiary/aromatic N) is 1. The molecule has 1 aromatic carbocycles. The van der Waals surface area contributed by atoms with Gasteiger partial charge in [0.15, 0.2) is 11.5 Å². The summed E-state index contributed by atoms with van der Waals surface area (Å²) < 4.78 is 11.0. The van der Waals surface area contributed by atoms with E-state index in [0.717, 1.165) is 0 Å². The zero-order valence-electron chi connectivity index (χ0n) is 9.86. The highest BCUT2D eigenvalue weighted by Gasteiger charge is 2.13. The van der Waals surface area contributed by atoms with Crippen molar-refractivity contribution in [3.63, 3.8) is 0 Å². The van der Waals surface area contributed by atoms with Gasteiger partial charge in [-0.15, -0.1) is 0 Å². The van der Waals surface area contributed by atoms with Crippen LogP contribution in [-0.2, 0) is 0 Å². The first-order valence-electron chi connectivity index (χ1n) is 5.13. The number of aromatic nitrogens is 2. The molecule has 1 N–H and O–H groups in total. The number of hydrogen-bond acceptors (Lipinski definition) is 4. The largest absolute Gasteiger partial charge is 0.493 e. The van der Waals surface area contributed by atoms with Gasteiger partial charge in [0.1, 0.15) is 5.82 Å². The fourth-order valence-corrected chi connectivity index (χ4v) is 1.86. The highest BCUT2D eigenvalue weighted by atomic mass is 127. The van der Waals surface area contributed by atoms with Crippen molar-refractivity contribution in [3.8, 4) is 22.9 Å². The van der Waals surface area contributed by atoms with E-state index < -0.39 is 0 Å². The average molecular weight is 358 g/mol. The molecule has 2 rings (SSSR count). The fourth-order valence-electron chi connectivity index (χ4n) is 1.59. The van der Waals surface area contributed by atoms with Crippen LogP contribution in [0.3, 0.4) is 0 Å². The molecule has 0 atom stereocenters. The third-order valence-corrected chi connectivity index (χ3v) is 3.18. The number of halogens is 1. The summed E-state index contributed by atoms with van der Waals surface area (Å²) in [5.74, 6) is 1.59. The third-order valence-electron chi connectivity index (χ3n) is 2.41. The Kier molecular flexibility index (Phi) is 3.85. The number of ether oxygens (including phenoxy) is 2. The molecule has 0 saturated heterocycles. The standard InChI is InChI=1S/C12H11IN2O3/c1-17-9-5-3-4-7(10(9)18-2)11-14-6-8(13)12(16)15-11/h3-6H,1-2H3,(H,14,15,16). The molecule has 1 heterocycles. The summed E-state index contributed by atoms with van der Waals surface area (Å²) in [6.07, 6.45) is 1.52. The van der Waals surface area contributed by atoms with E-state index in [2.05, 4.69) is 9.97 Å². The summed E-state index contributed by atoms with van der Waals surface area (Å²) >= 11 is 1.93. The van der Waals surface area contributed by atoms with Gasteiger partial charge in [0.2, 0.25) is 0 Å². The van der Waals surface area contributed by atoms with Crippen molar-refractivity contribution in [3.05, 3.63) is 38.3 Å². The first-order valence-corrected chi connectivity index (χ1v) is 6.21. The minimum Gasteiger partial charge on any atom is -0.493 e. The predicted molar refractivity (Wildman–Crippen MR) is 76.1 cm³/mol. The summed E-state index contributed by atoms with van der Waals surface area (Å²) in [5, 5.41) is 0. The highest BCUT2D eigenvalue weighted by Crippen LogP contribution is 2.35. The van der Waals surface area contributed by atoms with E-state index in [1.54, 1.807) is 20.3 Å². The van der Waals surface area contributed by atoms with Crippen LogP contribution in [0.1, 0.15) is 0 Å². The lowest BCUT2D eigenvalue weighted by molar-refractivity contribution is 0.356. The number of rotatable bonds is 3. The molecule has 0 spiro atoms. The lowest BCUT2D eigenvalue weighted by Gasteiger charge is -2.11. The van der Waals surface area contributed by atoms with Crippen molar-refractivity contribution >= 4 is 22.6 Å². The van der Waals surface area contributed by atoms with Gasteiger partial charge in [0.25, 0.3) is 5.56 Å². The zero-order valence-corrected chi connectivity index (χ0v) is 12.0. The topological polar surface area (TPSA) is 64.2 Å². The van der Waals surface area contributed by atoms with Crippen LogP contribution in [-0.4, -0.2) is 24.2 Å². The van der Waals surface area contributed by atoms with Crippen LogP contribution in [0.15, 0.2) is 29.2 Å². The molecule has 0 aliphatic rings. The highest BCUT2D eigenvalue weighted by molar-refractivity contribution is 14.1. The van der Waals surface area contributed by atoms with Crippen molar-refractivity contribution in [2.24, 2.45) is 0 Å². The number of nitrogens with one attached hydrogen (secondary N) is 1. The van der Waals surface area contributed by atoms with Crippen LogP contribution in [0, 0.1) is 3.57 Å². The van der Waals surface area contributed by atoms with Gasteiger partial charge in [0, 0.05) is 6.20 Å². The van der Waals surface area contributed by atoms with E-state index >= 15 is 0 Å². The fraction of sp³-hybridized carbons (Fsp3) is 0.167. The van der Waals surface area contributed by atoms with Crippen LogP contribution in [0.2, 0.25) is 0 Å². The molecule has 5 nitrogen and oxygen atoms in total. The van der Waals surface area contributed by atoms with Gasteiger partial charge in [0.05, 0.1) is 23.4 Å². The quantitative estimate of drug-likeness (QED) is 0.854. The molecule has 94 valence electrons. The molecular weight excluding hydrogens is 347 g/mol. The molecule has 0 fully saturated rings. The van der Waals surface area contributed by atoms with E-state index in [0.29, 0.717) is 26.5 Å². The minimum absolute atomic E-state index is 0.175. The summed E-state index contributed by atoms with van der Waals surface area (Å²) in [5.41, 5.74) is 0.510. The van der Waals surface area contributed by atoms with Gasteiger partial charge in [-0.2, -0.15) is 0 Å². The molecular formula is C12H11IN2O3. The van der Waals surface area contributed by atoms with Crippen molar-refractivity contribution < 1.29 is 9.47 Å². The summed E-state index contributed by atoms with van der Waals surface area (Å²) in [7, 11) is 3.11. The van der Waals surface area contributed by atoms with Gasteiger partial charge in [-0.3, -0.25) is 4.79 Å². The second-order valence-corrected chi connectivity index (χ2v) is 4.61. The summed E-state index contributed by atoms with van der Waals surface area (Å²) in [6.45, 7) is 0. The Hall–Kier alpha value is -1.57. The predicted octanol–water partition coefficient (Wildman–Crippen LogP) is 2.06. The lowest BCUT2D eigenvalue weighted by atomic mass is 10.1. The molecule has 0 aliphatic carbocycles. The van der Waals surface area contributed by atoms with E-state index in [9.17, 15) is 4.79 Å². The average Bonchev–Trinajstić information content (AvgIpc) is 2.40. The van der Waals surface area contributed by atoms with E-state index in [-0.39, 0.29) is 5.56 Å². The maximum absolute atomic E-state index is 11.6. The van der Waals surface area contributed by atoms with Crippen LogP contribution >= 0.6 is 22.6 Å². The van der Waals surface area contributed by atoms with E-state index in [4.69, 9.17) is 9.47 Å². The molecule has 6 heteroatoms. The molecule has 0 saturated carbocycles. The first-order chi connectivity index (χ1) is 8.67. The van der Waals surface area contributed by atoms with Crippen LogP contribution < -0.4 is 15.0 Å². The van der Waals surface area contributed by atoms with Crippen molar-refractivity contribution in [2.75, 3.05) is 14.2 Å². The normalized spacial score (nSPS) is 10.2. The Bertz CT molecular complexity index is 625. The molecule has 18 heavy (non-hydrogen) atoms. The van der Waals surface area contributed by atoms with Gasteiger partial charge < -0.3 is 14.5 Å². The van der Waals surface area contributed by atoms with Gasteiger partial charge in [-0.1, -0.05) is 6.07 Å². The Morgan fingerprint density at radius 1 is 1.28 bits per heavy atom. The monoisotopic (exact) mass is 358 g/mol. The van der Waals surface area contributed by atoms with Gasteiger partial charge in [-0.25, -0.2) is 4.98 Å². The maximum atomic E-state index is 11.6. The van der Waals surface area contributed by atoms with Crippen molar-refractivity contribution in [1.29, 1.82) is 0 Å². The van der Waals surface area contributed by atoms with E-state index in [1.807, 2.05) is 34.7 Å². The summed E-state index contributed by atoms with van der Waals surface area (Å²) in [4.78, 5) is 18.5. The number of hydrogen-bond donors (Lipinski definition) is 1. The lowest BCUT2D eigenvalue weighted by Crippen LogP contribution is -2.11. The second-order valence-electron chi connectivity index (χ2n) is 3.45. The molecule has 2 aromatic rings. The molecule has 0 bridgehead atoms. The summed E-state index contributed by atoms with van der Waals surface area (Å²) in [6, 6.07) is 5.41. The Morgan fingerprint density at radius 3 is 2.67 bits per heavy atom. The van der Waals surface area contributed by atoms with Crippen molar-refractivity contribution in [1.82, 2.24) is 9.97 Å². The molecule has 0 amide bonds. The number of aromatic amines is 1. The minimum atomic E-state index is -0.175. The number of para-hydroxylation sites is 1. The van der Waals surface area contributed by atoms with Crippen molar-refractivity contribution in [2.45, 2.75) is 0 Å². The zero-order chi connectivity index (χ0) is 13.1. The number of methoxy groups -OCH3 is 2. The van der Waals surface area contributed by atoms with Gasteiger partial charge in [-0.05, 0) is 34.7 Å². The molecule has 1 aromatic heterocycles.